The Labute approximate surface area is 133 Å². The van der Waals surface area contributed by atoms with Crippen LogP contribution in [0.15, 0.2) is 24.3 Å². The van der Waals surface area contributed by atoms with Crippen LogP contribution in [0.4, 0.5) is 13.2 Å². The van der Waals surface area contributed by atoms with Gasteiger partial charge in [0, 0.05) is 26.8 Å². The first-order valence-electron chi connectivity index (χ1n) is 7.09. The fourth-order valence-corrected chi connectivity index (χ4v) is 1.91. The maximum Gasteiger partial charge on any atom is 0.573 e. The minimum absolute atomic E-state index is 0.111. The van der Waals surface area contributed by atoms with Crippen LogP contribution in [0.1, 0.15) is 12.0 Å². The molecule has 130 valence electrons. The molecule has 0 atom stereocenters. The Kier molecular flexibility index (Phi) is 7.84. The molecule has 1 aromatic rings. The van der Waals surface area contributed by atoms with E-state index < -0.39 is 6.36 Å². The number of amides is 1. The van der Waals surface area contributed by atoms with Gasteiger partial charge in [-0.2, -0.15) is 0 Å². The van der Waals surface area contributed by atoms with Crippen molar-refractivity contribution in [3.05, 3.63) is 29.8 Å². The molecular weight excluding hydrogens is 313 g/mol. The van der Waals surface area contributed by atoms with E-state index in [0.29, 0.717) is 19.7 Å². The largest absolute Gasteiger partial charge is 0.573 e. The van der Waals surface area contributed by atoms with Crippen LogP contribution in [0.3, 0.4) is 0 Å². The molecule has 1 amide bonds. The van der Waals surface area contributed by atoms with Crippen LogP contribution >= 0.6 is 0 Å². The van der Waals surface area contributed by atoms with Gasteiger partial charge in [-0.15, -0.1) is 13.2 Å². The first-order valence-corrected chi connectivity index (χ1v) is 7.09. The van der Waals surface area contributed by atoms with E-state index >= 15 is 0 Å². The molecule has 5 nitrogen and oxygen atoms in total. The van der Waals surface area contributed by atoms with Gasteiger partial charge in [0.2, 0.25) is 5.91 Å². The van der Waals surface area contributed by atoms with E-state index in [1.165, 1.54) is 24.3 Å². The van der Waals surface area contributed by atoms with Gasteiger partial charge in [-0.25, -0.2) is 0 Å². The molecule has 0 aliphatic carbocycles. The number of halogens is 3. The van der Waals surface area contributed by atoms with Crippen molar-refractivity contribution in [1.29, 1.82) is 0 Å². The molecule has 0 heterocycles. The number of carbonyl (C=O) groups excluding carboxylic acids is 1. The summed E-state index contributed by atoms with van der Waals surface area (Å²) in [6, 6.07) is 5.57. The zero-order valence-corrected chi connectivity index (χ0v) is 13.2. The van der Waals surface area contributed by atoms with E-state index in [-0.39, 0.29) is 18.2 Å². The molecule has 0 aromatic heterocycles. The number of likely N-dealkylation sites (N-methyl/N-ethyl adjacent to an activating group) is 1. The summed E-state index contributed by atoms with van der Waals surface area (Å²) in [6.45, 7) is 1.78. The quantitative estimate of drug-likeness (QED) is 0.703. The fraction of sp³-hybridized carbons (Fsp3) is 0.533. The molecule has 1 rings (SSSR count). The SMILES string of the molecule is COCCCNC(=O)CN(C)Cc1ccc(OC(F)(F)F)cc1. The van der Waals surface area contributed by atoms with E-state index in [1.807, 2.05) is 0 Å². The molecule has 0 bridgehead atoms. The Morgan fingerprint density at radius 1 is 1.26 bits per heavy atom. The summed E-state index contributed by atoms with van der Waals surface area (Å²) in [5.74, 6) is -0.375. The zero-order valence-electron chi connectivity index (χ0n) is 13.2. The summed E-state index contributed by atoms with van der Waals surface area (Å²) in [4.78, 5) is 13.4. The number of nitrogens with one attached hydrogen (secondary N) is 1. The molecule has 0 saturated carbocycles. The molecule has 1 N–H and O–H groups in total. The summed E-state index contributed by atoms with van der Waals surface area (Å²) in [5.41, 5.74) is 0.786. The standard InChI is InChI=1S/C15H21F3N2O3/c1-20(11-14(21)19-8-3-9-22-2)10-12-4-6-13(7-5-12)23-15(16,17)18/h4-7H,3,8-11H2,1-2H3,(H,19,21). The molecule has 0 radical (unpaired) electrons. The van der Waals surface area contributed by atoms with Crippen molar-refractivity contribution in [3.63, 3.8) is 0 Å². The third kappa shape index (κ3) is 9.04. The van der Waals surface area contributed by atoms with Crippen LogP contribution in [0.2, 0.25) is 0 Å². The molecular formula is C15H21F3N2O3. The lowest BCUT2D eigenvalue weighted by molar-refractivity contribution is -0.274. The third-order valence-corrected chi connectivity index (χ3v) is 2.87. The first-order chi connectivity index (χ1) is 10.8. The van der Waals surface area contributed by atoms with Crippen LogP contribution in [0.25, 0.3) is 0 Å². The molecule has 0 saturated heterocycles. The van der Waals surface area contributed by atoms with E-state index in [4.69, 9.17) is 4.74 Å². The van der Waals surface area contributed by atoms with Crippen molar-refractivity contribution in [1.82, 2.24) is 10.2 Å². The maximum atomic E-state index is 12.1. The highest BCUT2D eigenvalue weighted by atomic mass is 19.4. The second-order valence-corrected chi connectivity index (χ2v) is 5.06. The molecule has 1 aromatic carbocycles. The van der Waals surface area contributed by atoms with E-state index in [9.17, 15) is 18.0 Å². The number of alkyl halides is 3. The highest BCUT2D eigenvalue weighted by molar-refractivity contribution is 5.77. The number of hydrogen-bond acceptors (Lipinski definition) is 4. The van der Waals surface area contributed by atoms with Crippen molar-refractivity contribution < 1.29 is 27.4 Å². The van der Waals surface area contributed by atoms with E-state index in [1.54, 1.807) is 19.1 Å². The van der Waals surface area contributed by atoms with Crippen LogP contribution in [0, 0.1) is 0 Å². The lowest BCUT2D eigenvalue weighted by atomic mass is 10.2. The number of methoxy groups -OCH3 is 1. The van der Waals surface area contributed by atoms with Gasteiger partial charge in [-0.05, 0) is 31.2 Å². The third-order valence-electron chi connectivity index (χ3n) is 2.87. The van der Waals surface area contributed by atoms with Crippen molar-refractivity contribution in [2.45, 2.75) is 19.3 Å². The summed E-state index contributed by atoms with van der Waals surface area (Å²) in [7, 11) is 3.36. The van der Waals surface area contributed by atoms with E-state index in [2.05, 4.69) is 10.1 Å². The molecule has 0 spiro atoms. The molecule has 23 heavy (non-hydrogen) atoms. The second-order valence-electron chi connectivity index (χ2n) is 5.06. The van der Waals surface area contributed by atoms with Crippen LogP contribution in [0.5, 0.6) is 5.75 Å². The van der Waals surface area contributed by atoms with Crippen molar-refractivity contribution in [3.8, 4) is 5.75 Å². The molecule has 0 aliphatic rings. The number of nitrogens with zero attached hydrogens (tertiary/aromatic N) is 1. The summed E-state index contributed by atoms with van der Waals surface area (Å²) >= 11 is 0. The van der Waals surface area contributed by atoms with Gasteiger partial charge in [-0.3, -0.25) is 9.69 Å². The van der Waals surface area contributed by atoms with Crippen LogP contribution in [-0.4, -0.2) is 51.0 Å². The van der Waals surface area contributed by atoms with Gasteiger partial charge < -0.3 is 14.8 Å². The monoisotopic (exact) mass is 334 g/mol. The predicted molar refractivity (Wildman–Crippen MR) is 79.0 cm³/mol. The van der Waals surface area contributed by atoms with Crippen molar-refractivity contribution in [2.75, 3.05) is 33.9 Å². The van der Waals surface area contributed by atoms with Gasteiger partial charge in [0.1, 0.15) is 5.75 Å². The number of carbonyl (C=O) groups is 1. The van der Waals surface area contributed by atoms with Crippen molar-refractivity contribution in [2.24, 2.45) is 0 Å². The first kappa shape index (κ1) is 19.2. The van der Waals surface area contributed by atoms with Crippen LogP contribution in [-0.2, 0) is 16.1 Å². The number of ether oxygens (including phenoxy) is 2. The average Bonchev–Trinajstić information content (AvgIpc) is 2.44. The molecule has 0 fully saturated rings. The Morgan fingerprint density at radius 3 is 2.48 bits per heavy atom. The van der Waals surface area contributed by atoms with Gasteiger partial charge in [0.25, 0.3) is 0 Å². The topological polar surface area (TPSA) is 50.8 Å². The van der Waals surface area contributed by atoms with Crippen molar-refractivity contribution >= 4 is 5.91 Å². The summed E-state index contributed by atoms with van der Waals surface area (Å²) < 4.78 is 44.9. The summed E-state index contributed by atoms with van der Waals surface area (Å²) in [5, 5.41) is 2.76. The molecule has 8 heteroatoms. The minimum atomic E-state index is -4.70. The normalized spacial score (nSPS) is 11.6. The van der Waals surface area contributed by atoms with E-state index in [0.717, 1.165) is 12.0 Å². The number of benzene rings is 1. The van der Waals surface area contributed by atoms with Gasteiger partial charge in [0.05, 0.1) is 6.54 Å². The van der Waals surface area contributed by atoms with Crippen LogP contribution < -0.4 is 10.1 Å². The Morgan fingerprint density at radius 2 is 1.91 bits per heavy atom. The Bertz CT molecular complexity index is 478. The molecule has 0 unspecified atom stereocenters. The van der Waals surface area contributed by atoms with Gasteiger partial charge in [-0.1, -0.05) is 12.1 Å². The van der Waals surface area contributed by atoms with Gasteiger partial charge >= 0.3 is 6.36 Å². The number of rotatable bonds is 9. The highest BCUT2D eigenvalue weighted by Gasteiger charge is 2.30. The fourth-order valence-electron chi connectivity index (χ4n) is 1.91. The predicted octanol–water partition coefficient (Wildman–Crippen LogP) is 2.17. The lowest BCUT2D eigenvalue weighted by Gasteiger charge is -2.17. The average molecular weight is 334 g/mol. The highest BCUT2D eigenvalue weighted by Crippen LogP contribution is 2.22. The smallest absolute Gasteiger partial charge is 0.406 e. The lowest BCUT2D eigenvalue weighted by Crippen LogP contribution is -2.35. The van der Waals surface area contributed by atoms with Gasteiger partial charge in [0.15, 0.2) is 0 Å². The maximum absolute atomic E-state index is 12.1. The second kappa shape index (κ2) is 9.36. The minimum Gasteiger partial charge on any atom is -0.406 e. The number of hydrogen-bond donors (Lipinski definition) is 1. The zero-order chi connectivity index (χ0) is 17.3. The summed E-state index contributed by atoms with van der Waals surface area (Å²) in [6.07, 6.45) is -3.95. The Hall–Kier alpha value is -1.80. The molecule has 0 aliphatic heterocycles. The Balaban J connectivity index is 2.36.